The number of rotatable bonds is 3. The number of likely N-dealkylation sites (tertiary alicyclic amines) is 1. The fourth-order valence-electron chi connectivity index (χ4n) is 5.53. The lowest BCUT2D eigenvalue weighted by atomic mass is 9.85. The molecule has 3 fully saturated rings. The lowest BCUT2D eigenvalue weighted by Gasteiger charge is -2.44. The van der Waals surface area contributed by atoms with Gasteiger partial charge in [0.25, 0.3) is 0 Å². The minimum absolute atomic E-state index is 0.0484. The van der Waals surface area contributed by atoms with Crippen molar-refractivity contribution in [3.05, 3.63) is 30.7 Å². The zero-order chi connectivity index (χ0) is 19.5. The van der Waals surface area contributed by atoms with E-state index in [2.05, 4.69) is 9.55 Å². The van der Waals surface area contributed by atoms with Gasteiger partial charge in [0.15, 0.2) is 0 Å². The third-order valence-electron chi connectivity index (χ3n) is 6.84. The van der Waals surface area contributed by atoms with Crippen LogP contribution in [0, 0.1) is 5.92 Å². The van der Waals surface area contributed by atoms with E-state index in [-0.39, 0.29) is 29.8 Å². The highest BCUT2D eigenvalue weighted by molar-refractivity contribution is 5.89. The van der Waals surface area contributed by atoms with Crippen LogP contribution in [0.1, 0.15) is 32.1 Å². The molecule has 0 aromatic carbocycles. The summed E-state index contributed by atoms with van der Waals surface area (Å²) in [5.74, 6) is -0.0820. The first-order valence-electron chi connectivity index (χ1n) is 10.1. The van der Waals surface area contributed by atoms with Gasteiger partial charge in [0, 0.05) is 49.9 Å². The molecule has 5 rings (SSSR count). The maximum Gasteiger partial charge on any atom is 0.228 e. The molecule has 2 amide bonds. The molecular weight excluding hydrogens is 356 g/mol. The largest absolute Gasteiger partial charge is 0.388 e. The van der Waals surface area contributed by atoms with Crippen LogP contribution < -0.4 is 0 Å². The monoisotopic (exact) mass is 382 g/mol. The van der Waals surface area contributed by atoms with Gasteiger partial charge in [0.05, 0.1) is 29.8 Å². The number of pyridine rings is 1. The molecule has 2 aromatic rings. The Bertz CT molecular complexity index is 925. The Morgan fingerprint density at radius 2 is 2.04 bits per heavy atom. The van der Waals surface area contributed by atoms with Crippen molar-refractivity contribution in [2.45, 2.75) is 56.3 Å². The lowest BCUT2D eigenvalue weighted by Crippen LogP contribution is -2.56. The maximum atomic E-state index is 13.1. The summed E-state index contributed by atoms with van der Waals surface area (Å²) in [7, 11) is 1.76. The van der Waals surface area contributed by atoms with Gasteiger partial charge < -0.3 is 19.5 Å². The summed E-state index contributed by atoms with van der Waals surface area (Å²) in [5.41, 5.74) is 0.196. The lowest BCUT2D eigenvalue weighted by molar-refractivity contribution is -0.146. The minimum Gasteiger partial charge on any atom is -0.388 e. The third-order valence-corrected chi connectivity index (χ3v) is 6.84. The van der Waals surface area contributed by atoms with E-state index in [9.17, 15) is 14.7 Å². The molecule has 0 unspecified atom stereocenters. The van der Waals surface area contributed by atoms with Gasteiger partial charge in [-0.2, -0.15) is 0 Å². The van der Waals surface area contributed by atoms with Gasteiger partial charge in [0.1, 0.15) is 0 Å². The van der Waals surface area contributed by atoms with Crippen LogP contribution in [0.3, 0.4) is 0 Å². The SMILES string of the molecule is CN1C[C@@H](C(=O)N2[C@H]3CC[C@H]2CC(O)(Cn2ccc4ccncc42)C3)CC1=O. The van der Waals surface area contributed by atoms with Gasteiger partial charge in [-0.3, -0.25) is 14.6 Å². The van der Waals surface area contributed by atoms with Crippen molar-refractivity contribution in [3.8, 4) is 0 Å². The fourth-order valence-corrected chi connectivity index (χ4v) is 5.53. The molecule has 3 aliphatic heterocycles. The number of amides is 2. The fraction of sp³-hybridized carbons (Fsp3) is 0.571. The van der Waals surface area contributed by atoms with Crippen LogP contribution in [-0.2, 0) is 16.1 Å². The third kappa shape index (κ3) is 2.80. The van der Waals surface area contributed by atoms with E-state index in [0.717, 1.165) is 23.7 Å². The van der Waals surface area contributed by atoms with E-state index in [4.69, 9.17) is 0 Å². The number of hydrogen-bond acceptors (Lipinski definition) is 4. The standard InChI is InChI=1S/C21H26N4O3/c1-23-12-15(8-19(23)26)20(27)25-16-2-3-17(25)10-21(28,9-16)13-24-7-5-14-4-6-22-11-18(14)24/h4-7,11,15-17,28H,2-3,8-10,12-13H2,1H3/t15-,16-,17-/m0/s1. The number of piperidine rings is 1. The molecule has 3 aliphatic rings. The van der Waals surface area contributed by atoms with Crippen molar-refractivity contribution in [2.75, 3.05) is 13.6 Å². The van der Waals surface area contributed by atoms with E-state index in [1.54, 1.807) is 18.1 Å². The second-order valence-electron chi connectivity index (χ2n) is 8.82. The molecule has 2 aromatic heterocycles. The van der Waals surface area contributed by atoms with E-state index in [1.807, 2.05) is 29.4 Å². The summed E-state index contributed by atoms with van der Waals surface area (Å²) in [6, 6.07) is 4.15. The first-order chi connectivity index (χ1) is 13.4. The van der Waals surface area contributed by atoms with Crippen LogP contribution in [0.5, 0.6) is 0 Å². The summed E-state index contributed by atoms with van der Waals surface area (Å²) >= 11 is 0. The predicted octanol–water partition coefficient (Wildman–Crippen LogP) is 1.40. The summed E-state index contributed by atoms with van der Waals surface area (Å²) in [4.78, 5) is 32.8. The summed E-state index contributed by atoms with van der Waals surface area (Å²) in [6.07, 6.45) is 8.97. The number of nitrogens with zero attached hydrogens (tertiary/aromatic N) is 4. The van der Waals surface area contributed by atoms with Crippen molar-refractivity contribution < 1.29 is 14.7 Å². The summed E-state index contributed by atoms with van der Waals surface area (Å²) in [6.45, 7) is 1.03. The first kappa shape index (κ1) is 17.7. The zero-order valence-corrected chi connectivity index (χ0v) is 16.1. The van der Waals surface area contributed by atoms with Gasteiger partial charge in [-0.1, -0.05) is 0 Å². The Morgan fingerprint density at radius 3 is 2.71 bits per heavy atom. The highest BCUT2D eigenvalue weighted by Crippen LogP contribution is 2.43. The quantitative estimate of drug-likeness (QED) is 0.870. The first-order valence-corrected chi connectivity index (χ1v) is 10.1. The van der Waals surface area contributed by atoms with E-state index in [0.29, 0.717) is 32.4 Å². The van der Waals surface area contributed by atoms with Gasteiger partial charge in [0.2, 0.25) is 11.8 Å². The summed E-state index contributed by atoms with van der Waals surface area (Å²) in [5, 5.41) is 12.5. The van der Waals surface area contributed by atoms with Crippen molar-refractivity contribution in [1.29, 1.82) is 0 Å². The molecule has 0 aliphatic carbocycles. The Hall–Kier alpha value is -2.41. The topological polar surface area (TPSA) is 78.7 Å². The highest BCUT2D eigenvalue weighted by Gasteiger charge is 2.51. The van der Waals surface area contributed by atoms with Crippen LogP contribution in [0.25, 0.3) is 10.9 Å². The molecule has 2 bridgehead atoms. The number of carbonyl (C=O) groups excluding carboxylic acids is 2. The molecule has 148 valence electrons. The molecule has 3 saturated heterocycles. The van der Waals surface area contributed by atoms with Crippen LogP contribution in [0.15, 0.2) is 30.7 Å². The van der Waals surface area contributed by atoms with Gasteiger partial charge in [-0.05, 0) is 37.8 Å². The summed E-state index contributed by atoms with van der Waals surface area (Å²) < 4.78 is 2.07. The van der Waals surface area contributed by atoms with Crippen molar-refractivity contribution in [3.63, 3.8) is 0 Å². The average Bonchev–Trinajstić information content (AvgIpc) is 3.30. The Balaban J connectivity index is 1.33. The number of aromatic nitrogens is 2. The molecule has 28 heavy (non-hydrogen) atoms. The number of fused-ring (bicyclic) bond motifs is 3. The molecule has 7 heteroatoms. The minimum atomic E-state index is -0.827. The van der Waals surface area contributed by atoms with E-state index in [1.165, 1.54) is 0 Å². The second kappa shape index (κ2) is 6.30. The highest BCUT2D eigenvalue weighted by atomic mass is 16.3. The molecular formula is C21H26N4O3. The number of hydrogen-bond donors (Lipinski definition) is 1. The molecule has 5 heterocycles. The molecule has 0 saturated carbocycles. The van der Waals surface area contributed by atoms with Crippen molar-refractivity contribution >= 4 is 22.7 Å². The Labute approximate surface area is 163 Å². The second-order valence-corrected chi connectivity index (χ2v) is 8.82. The van der Waals surface area contributed by atoms with Crippen LogP contribution in [0.2, 0.25) is 0 Å². The zero-order valence-electron chi connectivity index (χ0n) is 16.1. The molecule has 7 nitrogen and oxygen atoms in total. The molecule has 3 atom stereocenters. The number of carbonyl (C=O) groups is 2. The smallest absolute Gasteiger partial charge is 0.228 e. The average molecular weight is 382 g/mol. The molecule has 1 N–H and O–H groups in total. The normalized spacial score (nSPS) is 32.5. The Morgan fingerprint density at radius 1 is 1.29 bits per heavy atom. The van der Waals surface area contributed by atoms with Crippen LogP contribution >= 0.6 is 0 Å². The van der Waals surface area contributed by atoms with Crippen molar-refractivity contribution in [1.82, 2.24) is 19.4 Å². The Kier molecular flexibility index (Phi) is 3.98. The molecule has 0 spiro atoms. The molecule has 0 radical (unpaired) electrons. The van der Waals surface area contributed by atoms with Crippen molar-refractivity contribution in [2.24, 2.45) is 5.92 Å². The van der Waals surface area contributed by atoms with E-state index >= 15 is 0 Å². The van der Waals surface area contributed by atoms with Gasteiger partial charge >= 0.3 is 0 Å². The van der Waals surface area contributed by atoms with Crippen LogP contribution in [-0.4, -0.2) is 67.5 Å². The van der Waals surface area contributed by atoms with Gasteiger partial charge in [-0.15, -0.1) is 0 Å². The van der Waals surface area contributed by atoms with Gasteiger partial charge in [-0.25, -0.2) is 0 Å². The maximum absolute atomic E-state index is 13.1. The van der Waals surface area contributed by atoms with E-state index < -0.39 is 5.60 Å². The number of aliphatic hydroxyl groups is 1. The predicted molar refractivity (Wildman–Crippen MR) is 103 cm³/mol. The van der Waals surface area contributed by atoms with Crippen LogP contribution in [0.4, 0.5) is 0 Å².